The summed E-state index contributed by atoms with van der Waals surface area (Å²) >= 11 is 0. The molecule has 0 aliphatic heterocycles. The number of carbonyl (C=O) groups is 1. The third kappa shape index (κ3) is 1.54. The van der Waals surface area contributed by atoms with Crippen molar-refractivity contribution in [2.75, 3.05) is 0 Å². The summed E-state index contributed by atoms with van der Waals surface area (Å²) in [6, 6.07) is 4.47. The van der Waals surface area contributed by atoms with Crippen LogP contribution in [-0.2, 0) is 0 Å². The van der Waals surface area contributed by atoms with E-state index in [1.54, 1.807) is 19.1 Å². The van der Waals surface area contributed by atoms with E-state index in [0.29, 0.717) is 5.56 Å². The molecule has 6 heteroatoms. The minimum Gasteiger partial charge on any atom is -0.476 e. The number of hydrogen-bond acceptors (Lipinski definition) is 3. The number of para-hydroxylation sites is 1. The molecule has 82 valence electrons. The number of nitrogens with zero attached hydrogens (tertiary/aromatic N) is 3. The molecule has 0 aliphatic rings. The molecular formula is C10H8FN3O2. The van der Waals surface area contributed by atoms with Crippen LogP contribution in [-0.4, -0.2) is 26.1 Å². The molecule has 1 heterocycles. The first-order valence-corrected chi connectivity index (χ1v) is 4.50. The Morgan fingerprint density at radius 1 is 1.50 bits per heavy atom. The molecule has 0 saturated heterocycles. The standard InChI is InChI=1S/C10H8FN3O2/c1-6-3-2-4-7(11)9(6)14-8(10(15)16)5-12-13-14/h2-5H,1H3,(H,15,16). The lowest BCUT2D eigenvalue weighted by Crippen LogP contribution is -2.10. The molecule has 0 atom stereocenters. The predicted molar refractivity (Wildman–Crippen MR) is 53.0 cm³/mol. The van der Waals surface area contributed by atoms with Crippen molar-refractivity contribution < 1.29 is 14.3 Å². The maximum atomic E-state index is 13.6. The van der Waals surface area contributed by atoms with Gasteiger partial charge in [0.25, 0.3) is 0 Å². The molecule has 0 aliphatic carbocycles. The highest BCUT2D eigenvalue weighted by molar-refractivity contribution is 5.85. The fourth-order valence-corrected chi connectivity index (χ4v) is 1.44. The van der Waals surface area contributed by atoms with Crippen LogP contribution >= 0.6 is 0 Å². The average molecular weight is 221 g/mol. The molecule has 16 heavy (non-hydrogen) atoms. The fraction of sp³-hybridized carbons (Fsp3) is 0.100. The van der Waals surface area contributed by atoms with Crippen LogP contribution in [0.25, 0.3) is 5.69 Å². The van der Waals surface area contributed by atoms with Crippen molar-refractivity contribution in [2.24, 2.45) is 0 Å². The van der Waals surface area contributed by atoms with Gasteiger partial charge in [0.15, 0.2) is 5.69 Å². The smallest absolute Gasteiger partial charge is 0.356 e. The maximum absolute atomic E-state index is 13.6. The van der Waals surface area contributed by atoms with Crippen LogP contribution < -0.4 is 0 Å². The van der Waals surface area contributed by atoms with Gasteiger partial charge < -0.3 is 5.11 Å². The van der Waals surface area contributed by atoms with E-state index in [1.165, 1.54) is 6.07 Å². The van der Waals surface area contributed by atoms with E-state index in [-0.39, 0.29) is 11.4 Å². The van der Waals surface area contributed by atoms with Crippen molar-refractivity contribution in [1.82, 2.24) is 15.0 Å². The molecule has 0 fully saturated rings. The van der Waals surface area contributed by atoms with Crippen LogP contribution in [0.3, 0.4) is 0 Å². The van der Waals surface area contributed by atoms with E-state index < -0.39 is 11.8 Å². The van der Waals surface area contributed by atoms with Crippen LogP contribution in [0, 0.1) is 12.7 Å². The normalized spacial score (nSPS) is 10.4. The van der Waals surface area contributed by atoms with E-state index in [1.807, 2.05) is 0 Å². The van der Waals surface area contributed by atoms with Crippen molar-refractivity contribution >= 4 is 5.97 Å². The van der Waals surface area contributed by atoms with Crippen LogP contribution in [0.1, 0.15) is 16.1 Å². The highest BCUT2D eigenvalue weighted by Crippen LogP contribution is 2.18. The van der Waals surface area contributed by atoms with Crippen molar-refractivity contribution in [1.29, 1.82) is 0 Å². The highest BCUT2D eigenvalue weighted by Gasteiger charge is 2.17. The molecular weight excluding hydrogens is 213 g/mol. The van der Waals surface area contributed by atoms with Crippen LogP contribution in [0.2, 0.25) is 0 Å². The summed E-state index contributed by atoms with van der Waals surface area (Å²) in [4.78, 5) is 10.9. The van der Waals surface area contributed by atoms with Gasteiger partial charge in [-0.3, -0.25) is 0 Å². The molecule has 0 bridgehead atoms. The summed E-state index contributed by atoms with van der Waals surface area (Å²) in [7, 11) is 0. The zero-order valence-corrected chi connectivity index (χ0v) is 8.38. The second-order valence-corrected chi connectivity index (χ2v) is 3.24. The van der Waals surface area contributed by atoms with Gasteiger partial charge in [-0.1, -0.05) is 17.3 Å². The molecule has 1 aromatic heterocycles. The summed E-state index contributed by atoms with van der Waals surface area (Å²) < 4.78 is 14.6. The van der Waals surface area contributed by atoms with Crippen molar-refractivity contribution in [2.45, 2.75) is 6.92 Å². The second kappa shape index (κ2) is 3.73. The first-order chi connectivity index (χ1) is 7.61. The SMILES string of the molecule is Cc1cccc(F)c1-n1nncc1C(=O)O. The van der Waals surface area contributed by atoms with E-state index in [4.69, 9.17) is 5.11 Å². The van der Waals surface area contributed by atoms with Gasteiger partial charge in [0.2, 0.25) is 0 Å². The first kappa shape index (κ1) is 10.3. The van der Waals surface area contributed by atoms with Gasteiger partial charge >= 0.3 is 5.97 Å². The number of rotatable bonds is 2. The summed E-state index contributed by atoms with van der Waals surface area (Å²) in [5.41, 5.74) is 0.526. The zero-order valence-electron chi connectivity index (χ0n) is 8.38. The minimum absolute atomic E-state index is 0.109. The molecule has 1 aromatic carbocycles. The van der Waals surface area contributed by atoms with E-state index >= 15 is 0 Å². The Morgan fingerprint density at radius 2 is 2.25 bits per heavy atom. The molecule has 0 saturated carbocycles. The van der Waals surface area contributed by atoms with Crippen molar-refractivity contribution in [3.05, 3.63) is 41.5 Å². The summed E-state index contributed by atoms with van der Waals surface area (Å²) in [6.45, 7) is 1.67. The summed E-state index contributed by atoms with van der Waals surface area (Å²) in [5.74, 6) is -1.74. The molecule has 0 spiro atoms. The topological polar surface area (TPSA) is 68.0 Å². The quantitative estimate of drug-likeness (QED) is 0.832. The number of halogens is 1. The Hall–Kier alpha value is -2.24. The van der Waals surface area contributed by atoms with E-state index in [2.05, 4.69) is 10.3 Å². The Balaban J connectivity index is 2.68. The van der Waals surface area contributed by atoms with Gasteiger partial charge in [-0.25, -0.2) is 13.9 Å². The first-order valence-electron chi connectivity index (χ1n) is 4.50. The lowest BCUT2D eigenvalue weighted by Gasteiger charge is -2.07. The monoisotopic (exact) mass is 221 g/mol. The van der Waals surface area contributed by atoms with Gasteiger partial charge in [-0.05, 0) is 18.6 Å². The number of aromatic nitrogens is 3. The Bertz CT molecular complexity index is 530. The minimum atomic E-state index is -1.20. The maximum Gasteiger partial charge on any atom is 0.356 e. The molecule has 5 nitrogen and oxygen atoms in total. The fourth-order valence-electron chi connectivity index (χ4n) is 1.44. The lowest BCUT2D eigenvalue weighted by molar-refractivity contribution is 0.0687. The number of aromatic carboxylic acids is 1. The van der Waals surface area contributed by atoms with Crippen molar-refractivity contribution in [3.8, 4) is 5.69 Å². The Labute approximate surface area is 90.1 Å². The number of carboxylic acid groups (broad SMARTS) is 1. The number of benzene rings is 1. The summed E-state index contributed by atoms with van der Waals surface area (Å²) in [5, 5.41) is 15.9. The van der Waals surface area contributed by atoms with E-state index in [9.17, 15) is 9.18 Å². The van der Waals surface area contributed by atoms with Gasteiger partial charge in [0.05, 0.1) is 6.20 Å². The molecule has 2 rings (SSSR count). The highest BCUT2D eigenvalue weighted by atomic mass is 19.1. The number of carboxylic acids is 1. The third-order valence-electron chi connectivity index (χ3n) is 2.17. The Kier molecular flexibility index (Phi) is 2.40. The number of hydrogen-bond donors (Lipinski definition) is 1. The molecule has 0 unspecified atom stereocenters. The van der Waals surface area contributed by atoms with Crippen LogP contribution in [0.15, 0.2) is 24.4 Å². The summed E-state index contributed by atoms with van der Waals surface area (Å²) in [6.07, 6.45) is 1.08. The Morgan fingerprint density at radius 3 is 2.88 bits per heavy atom. The largest absolute Gasteiger partial charge is 0.476 e. The van der Waals surface area contributed by atoms with Gasteiger partial charge in [-0.15, -0.1) is 5.10 Å². The lowest BCUT2D eigenvalue weighted by atomic mass is 10.2. The molecule has 2 aromatic rings. The molecule has 1 N–H and O–H groups in total. The third-order valence-corrected chi connectivity index (χ3v) is 2.17. The second-order valence-electron chi connectivity index (χ2n) is 3.24. The van der Waals surface area contributed by atoms with Crippen LogP contribution in [0.4, 0.5) is 4.39 Å². The van der Waals surface area contributed by atoms with Gasteiger partial charge in [0.1, 0.15) is 11.5 Å². The van der Waals surface area contributed by atoms with Crippen molar-refractivity contribution in [3.63, 3.8) is 0 Å². The number of aryl methyl sites for hydroxylation is 1. The molecule has 0 radical (unpaired) electrons. The van der Waals surface area contributed by atoms with Gasteiger partial charge in [-0.2, -0.15) is 0 Å². The zero-order chi connectivity index (χ0) is 11.7. The van der Waals surface area contributed by atoms with Crippen LogP contribution in [0.5, 0.6) is 0 Å². The average Bonchev–Trinajstić information content (AvgIpc) is 2.66. The van der Waals surface area contributed by atoms with E-state index in [0.717, 1.165) is 10.9 Å². The predicted octanol–water partition coefficient (Wildman–Crippen LogP) is 1.41. The van der Waals surface area contributed by atoms with Gasteiger partial charge in [0, 0.05) is 0 Å². The molecule has 0 amide bonds.